The molecule has 5 nitrogen and oxygen atoms in total. The molecule has 0 fully saturated rings. The lowest BCUT2D eigenvalue weighted by atomic mass is 10.2. The number of hydrogen-bond donors (Lipinski definition) is 0. The maximum atomic E-state index is 12.9. The number of nitrogens with zero attached hydrogens (tertiary/aromatic N) is 2. The third-order valence-corrected chi connectivity index (χ3v) is 3.56. The van der Waals surface area contributed by atoms with Crippen LogP contribution in [0.2, 0.25) is 0 Å². The fourth-order valence-corrected chi connectivity index (χ4v) is 2.24. The molecule has 0 bridgehead atoms. The van der Waals surface area contributed by atoms with Gasteiger partial charge in [0.1, 0.15) is 12.4 Å². The minimum Gasteiger partial charge on any atom is -0.461 e. The Hall–Kier alpha value is -3.28. The van der Waals surface area contributed by atoms with E-state index in [2.05, 4.69) is 10.1 Å². The molecule has 0 aliphatic carbocycles. The van der Waals surface area contributed by atoms with Crippen LogP contribution in [0.5, 0.6) is 0 Å². The van der Waals surface area contributed by atoms with Crippen molar-refractivity contribution in [3.63, 3.8) is 0 Å². The first kappa shape index (κ1) is 17.5. The van der Waals surface area contributed by atoms with Crippen LogP contribution in [-0.2, 0) is 16.0 Å². The molecule has 0 unspecified atom stereocenters. The van der Waals surface area contributed by atoms with E-state index in [-0.39, 0.29) is 31.2 Å². The number of hydrogen-bond acceptors (Lipinski definition) is 5. The second-order valence-corrected chi connectivity index (χ2v) is 5.51. The lowest BCUT2D eigenvalue weighted by Crippen LogP contribution is -2.05. The number of esters is 1. The first-order valence-electron chi connectivity index (χ1n) is 8.16. The molecule has 0 saturated heterocycles. The summed E-state index contributed by atoms with van der Waals surface area (Å²) in [6.45, 7) is 0.207. The molecule has 26 heavy (non-hydrogen) atoms. The molecule has 0 radical (unpaired) electrons. The molecule has 1 heterocycles. The van der Waals surface area contributed by atoms with E-state index in [1.54, 1.807) is 18.2 Å². The summed E-state index contributed by atoms with van der Waals surface area (Å²) in [6.07, 6.45) is 4.10. The summed E-state index contributed by atoms with van der Waals surface area (Å²) in [5.41, 5.74) is 1.69. The molecule has 0 aliphatic heterocycles. The summed E-state index contributed by atoms with van der Waals surface area (Å²) in [7, 11) is 0. The second kappa shape index (κ2) is 8.71. The number of benzene rings is 2. The first-order valence-corrected chi connectivity index (χ1v) is 8.16. The van der Waals surface area contributed by atoms with Crippen molar-refractivity contribution in [3.8, 4) is 11.4 Å². The largest absolute Gasteiger partial charge is 0.461 e. The quantitative estimate of drug-likeness (QED) is 0.600. The molecular formula is C20H17FN2O3. The van der Waals surface area contributed by atoms with Crippen molar-refractivity contribution in [2.24, 2.45) is 0 Å². The lowest BCUT2D eigenvalue weighted by molar-refractivity contribution is -0.142. The predicted molar refractivity (Wildman–Crippen MR) is 94.4 cm³/mol. The number of carbonyl (C=O) groups excluding carboxylic acids is 1. The van der Waals surface area contributed by atoms with Gasteiger partial charge in [0.15, 0.2) is 0 Å². The van der Waals surface area contributed by atoms with E-state index in [0.717, 1.165) is 5.56 Å². The summed E-state index contributed by atoms with van der Waals surface area (Å²) in [5.74, 6) is 0.0195. The smallest absolute Gasteiger partial charge is 0.306 e. The third kappa shape index (κ3) is 5.11. The van der Waals surface area contributed by atoms with Crippen LogP contribution in [0, 0.1) is 5.82 Å². The Morgan fingerprint density at radius 2 is 1.88 bits per heavy atom. The highest BCUT2D eigenvalue weighted by Crippen LogP contribution is 2.16. The zero-order valence-electron chi connectivity index (χ0n) is 14.0. The topological polar surface area (TPSA) is 65.2 Å². The molecule has 0 N–H and O–H groups in total. The number of aryl methyl sites for hydroxylation is 1. The van der Waals surface area contributed by atoms with Gasteiger partial charge < -0.3 is 9.26 Å². The van der Waals surface area contributed by atoms with Gasteiger partial charge in [-0.05, 0) is 35.9 Å². The van der Waals surface area contributed by atoms with Crippen molar-refractivity contribution in [2.75, 3.05) is 6.61 Å². The number of ether oxygens (including phenoxy) is 1. The highest BCUT2D eigenvalue weighted by atomic mass is 19.1. The monoisotopic (exact) mass is 352 g/mol. The second-order valence-electron chi connectivity index (χ2n) is 5.51. The Labute approximate surface area is 150 Å². The Balaban J connectivity index is 1.43. The molecule has 3 aromatic rings. The van der Waals surface area contributed by atoms with Crippen molar-refractivity contribution in [3.05, 3.63) is 77.9 Å². The Bertz CT molecular complexity index is 874. The van der Waals surface area contributed by atoms with E-state index < -0.39 is 0 Å². The average Bonchev–Trinajstić information content (AvgIpc) is 3.14. The van der Waals surface area contributed by atoms with Crippen molar-refractivity contribution < 1.29 is 18.4 Å². The van der Waals surface area contributed by atoms with E-state index in [1.165, 1.54) is 12.1 Å². The molecule has 0 amide bonds. The standard InChI is InChI=1S/C20H17FN2O3/c21-17-10-8-16(9-11-17)20-22-18(26-23-20)12-13-19(24)25-14-4-7-15-5-2-1-3-6-15/h1-11H,12-14H2/b7-4+. The number of rotatable bonds is 7. The molecule has 0 saturated carbocycles. The van der Waals surface area contributed by atoms with Crippen LogP contribution in [0.25, 0.3) is 17.5 Å². The van der Waals surface area contributed by atoms with Gasteiger partial charge in [0.25, 0.3) is 0 Å². The zero-order chi connectivity index (χ0) is 18.2. The fraction of sp³-hybridized carbons (Fsp3) is 0.150. The summed E-state index contributed by atoms with van der Waals surface area (Å²) >= 11 is 0. The van der Waals surface area contributed by atoms with E-state index in [4.69, 9.17) is 9.26 Å². The highest BCUT2D eigenvalue weighted by Gasteiger charge is 2.11. The van der Waals surface area contributed by atoms with E-state index >= 15 is 0 Å². The van der Waals surface area contributed by atoms with Gasteiger partial charge in [-0.25, -0.2) is 4.39 Å². The van der Waals surface area contributed by atoms with Gasteiger partial charge in [-0.2, -0.15) is 4.98 Å². The van der Waals surface area contributed by atoms with Crippen LogP contribution in [0.1, 0.15) is 17.9 Å². The van der Waals surface area contributed by atoms with Gasteiger partial charge in [-0.15, -0.1) is 0 Å². The van der Waals surface area contributed by atoms with Crippen LogP contribution >= 0.6 is 0 Å². The molecule has 0 spiro atoms. The summed E-state index contributed by atoms with van der Waals surface area (Å²) in [6, 6.07) is 15.5. The summed E-state index contributed by atoms with van der Waals surface area (Å²) in [5, 5.41) is 3.83. The molecule has 132 valence electrons. The van der Waals surface area contributed by atoms with E-state index in [0.29, 0.717) is 17.3 Å². The van der Waals surface area contributed by atoms with Crippen LogP contribution in [0.3, 0.4) is 0 Å². The zero-order valence-corrected chi connectivity index (χ0v) is 14.0. The maximum absolute atomic E-state index is 12.9. The minimum absolute atomic E-state index is 0.143. The Morgan fingerprint density at radius 3 is 2.65 bits per heavy atom. The van der Waals surface area contributed by atoms with Gasteiger partial charge in [-0.3, -0.25) is 4.79 Å². The van der Waals surface area contributed by atoms with Gasteiger partial charge in [0.2, 0.25) is 11.7 Å². The molecule has 1 aromatic heterocycles. The van der Waals surface area contributed by atoms with Crippen LogP contribution in [0.4, 0.5) is 4.39 Å². The van der Waals surface area contributed by atoms with Crippen molar-refractivity contribution in [1.82, 2.24) is 10.1 Å². The molecule has 2 aromatic carbocycles. The van der Waals surface area contributed by atoms with Crippen molar-refractivity contribution in [2.45, 2.75) is 12.8 Å². The van der Waals surface area contributed by atoms with Crippen LogP contribution < -0.4 is 0 Å². The predicted octanol–water partition coefficient (Wildman–Crippen LogP) is 4.06. The van der Waals surface area contributed by atoms with Gasteiger partial charge in [0, 0.05) is 12.0 Å². The van der Waals surface area contributed by atoms with Crippen LogP contribution in [0.15, 0.2) is 65.2 Å². The van der Waals surface area contributed by atoms with Crippen LogP contribution in [-0.4, -0.2) is 22.7 Å². The minimum atomic E-state index is -0.343. The Kier molecular flexibility index (Phi) is 5.88. The van der Waals surface area contributed by atoms with Crippen molar-refractivity contribution in [1.29, 1.82) is 0 Å². The lowest BCUT2D eigenvalue weighted by Gasteiger charge is -1.99. The van der Waals surface area contributed by atoms with Gasteiger partial charge in [-0.1, -0.05) is 41.6 Å². The number of aromatic nitrogens is 2. The highest BCUT2D eigenvalue weighted by molar-refractivity contribution is 5.69. The van der Waals surface area contributed by atoms with Gasteiger partial charge >= 0.3 is 5.97 Å². The Morgan fingerprint density at radius 1 is 1.12 bits per heavy atom. The maximum Gasteiger partial charge on any atom is 0.306 e. The molecule has 0 aliphatic rings. The molecule has 0 atom stereocenters. The van der Waals surface area contributed by atoms with E-state index in [9.17, 15) is 9.18 Å². The average molecular weight is 352 g/mol. The summed E-state index contributed by atoms with van der Waals surface area (Å²) < 4.78 is 23.2. The van der Waals surface area contributed by atoms with E-state index in [1.807, 2.05) is 36.4 Å². The first-order chi connectivity index (χ1) is 12.7. The fourth-order valence-electron chi connectivity index (χ4n) is 2.24. The molecular weight excluding hydrogens is 335 g/mol. The van der Waals surface area contributed by atoms with Gasteiger partial charge in [0.05, 0.1) is 6.42 Å². The summed E-state index contributed by atoms with van der Waals surface area (Å²) in [4.78, 5) is 16.0. The normalized spacial score (nSPS) is 11.0. The SMILES string of the molecule is O=C(CCc1nc(-c2ccc(F)cc2)no1)OC/C=C/c1ccccc1. The number of carbonyl (C=O) groups is 1. The number of halogens is 1. The third-order valence-electron chi connectivity index (χ3n) is 3.56. The van der Waals surface area contributed by atoms with Crippen molar-refractivity contribution >= 4 is 12.0 Å². The molecule has 3 rings (SSSR count). The molecule has 6 heteroatoms.